The van der Waals surface area contributed by atoms with Gasteiger partial charge in [0.15, 0.2) is 0 Å². The highest BCUT2D eigenvalue weighted by molar-refractivity contribution is 7.92. The zero-order valence-corrected chi connectivity index (χ0v) is 18.3. The van der Waals surface area contributed by atoms with Crippen molar-refractivity contribution in [2.24, 2.45) is 0 Å². The number of benzene rings is 3. The maximum atomic E-state index is 13.2. The summed E-state index contributed by atoms with van der Waals surface area (Å²) in [7, 11) is -3.83. The van der Waals surface area contributed by atoms with Gasteiger partial charge in [-0.25, -0.2) is 12.8 Å². The molecule has 31 heavy (non-hydrogen) atoms. The molecule has 0 bridgehead atoms. The SMILES string of the molecule is Cc1ccc(Cl)cc1NS(=O)(=O)c1ccc2c(c1)CCCN2C(=O)c1ccc(F)cc1. The summed E-state index contributed by atoms with van der Waals surface area (Å²) < 4.78 is 41.7. The zero-order valence-electron chi connectivity index (χ0n) is 16.7. The average molecular weight is 459 g/mol. The van der Waals surface area contributed by atoms with Gasteiger partial charge < -0.3 is 4.90 Å². The van der Waals surface area contributed by atoms with E-state index in [0.29, 0.717) is 41.3 Å². The van der Waals surface area contributed by atoms with Crippen LogP contribution in [0.4, 0.5) is 15.8 Å². The number of aryl methyl sites for hydroxylation is 2. The molecular formula is C23H20ClFN2O3S. The Labute approximate surface area is 185 Å². The highest BCUT2D eigenvalue weighted by Crippen LogP contribution is 2.32. The van der Waals surface area contributed by atoms with E-state index in [0.717, 1.165) is 11.1 Å². The van der Waals surface area contributed by atoms with E-state index in [-0.39, 0.29) is 10.8 Å². The van der Waals surface area contributed by atoms with E-state index < -0.39 is 15.8 Å². The Morgan fingerprint density at radius 2 is 1.81 bits per heavy atom. The molecule has 1 N–H and O–H groups in total. The van der Waals surface area contributed by atoms with Gasteiger partial charge in [-0.05, 0) is 85.5 Å². The van der Waals surface area contributed by atoms with E-state index in [4.69, 9.17) is 11.6 Å². The number of rotatable bonds is 4. The number of carbonyl (C=O) groups is 1. The van der Waals surface area contributed by atoms with Gasteiger partial charge >= 0.3 is 0 Å². The minimum Gasteiger partial charge on any atom is -0.308 e. The van der Waals surface area contributed by atoms with Crippen LogP contribution >= 0.6 is 11.6 Å². The molecule has 0 aromatic heterocycles. The number of carbonyl (C=O) groups excluding carboxylic acids is 1. The summed E-state index contributed by atoms with van der Waals surface area (Å²) in [6, 6.07) is 15.1. The van der Waals surface area contributed by atoms with Crippen LogP contribution in [0.15, 0.2) is 65.6 Å². The van der Waals surface area contributed by atoms with Crippen molar-refractivity contribution in [1.29, 1.82) is 0 Å². The third-order valence-electron chi connectivity index (χ3n) is 5.26. The first kappa shape index (κ1) is 21.3. The molecule has 1 aliphatic heterocycles. The number of amides is 1. The molecule has 3 aromatic carbocycles. The molecule has 1 aliphatic rings. The van der Waals surface area contributed by atoms with Gasteiger partial charge in [0.2, 0.25) is 0 Å². The van der Waals surface area contributed by atoms with Crippen LogP contribution < -0.4 is 9.62 Å². The number of fused-ring (bicyclic) bond motifs is 1. The minimum atomic E-state index is -3.83. The topological polar surface area (TPSA) is 66.5 Å². The van der Waals surface area contributed by atoms with Crippen LogP contribution in [0.3, 0.4) is 0 Å². The first-order valence-corrected chi connectivity index (χ1v) is 11.6. The summed E-state index contributed by atoms with van der Waals surface area (Å²) in [5, 5.41) is 0.434. The van der Waals surface area contributed by atoms with Crippen LogP contribution in [-0.4, -0.2) is 20.9 Å². The van der Waals surface area contributed by atoms with E-state index in [2.05, 4.69) is 4.72 Å². The Kier molecular flexibility index (Phi) is 5.73. The van der Waals surface area contributed by atoms with Gasteiger partial charge in [0.1, 0.15) is 5.82 Å². The second-order valence-corrected chi connectivity index (χ2v) is 9.54. The normalized spacial score (nSPS) is 13.6. The molecule has 3 aromatic rings. The van der Waals surface area contributed by atoms with Crippen molar-refractivity contribution in [3.8, 4) is 0 Å². The number of halogens is 2. The quantitative estimate of drug-likeness (QED) is 0.585. The van der Waals surface area contributed by atoms with Gasteiger partial charge in [-0.3, -0.25) is 9.52 Å². The van der Waals surface area contributed by atoms with Crippen LogP contribution in [-0.2, 0) is 16.4 Å². The number of nitrogens with zero attached hydrogens (tertiary/aromatic N) is 1. The predicted molar refractivity (Wildman–Crippen MR) is 120 cm³/mol. The van der Waals surface area contributed by atoms with Gasteiger partial charge in [-0.1, -0.05) is 17.7 Å². The maximum Gasteiger partial charge on any atom is 0.261 e. The standard InChI is InChI=1S/C23H20ClFN2O3S/c1-15-4-7-18(24)14-21(15)26-31(29,30)20-10-11-22-17(13-20)3-2-12-27(22)23(28)16-5-8-19(25)9-6-16/h4-11,13-14,26H,2-3,12H2,1H3. The Balaban J connectivity index is 1.64. The minimum absolute atomic E-state index is 0.113. The highest BCUT2D eigenvalue weighted by Gasteiger charge is 2.26. The molecule has 0 unspecified atom stereocenters. The van der Waals surface area contributed by atoms with E-state index >= 15 is 0 Å². The fourth-order valence-corrected chi connectivity index (χ4v) is 4.95. The van der Waals surface area contributed by atoms with Crippen molar-refractivity contribution in [2.45, 2.75) is 24.7 Å². The molecule has 0 fully saturated rings. The lowest BCUT2D eigenvalue weighted by molar-refractivity contribution is 0.0985. The van der Waals surface area contributed by atoms with Crippen molar-refractivity contribution in [3.05, 3.63) is 88.2 Å². The molecule has 8 heteroatoms. The molecule has 0 atom stereocenters. The molecule has 0 spiro atoms. The molecule has 0 radical (unpaired) electrons. The van der Waals surface area contributed by atoms with Gasteiger partial charge in [0, 0.05) is 22.8 Å². The Morgan fingerprint density at radius 3 is 2.55 bits per heavy atom. The van der Waals surface area contributed by atoms with E-state index in [9.17, 15) is 17.6 Å². The summed E-state index contributed by atoms with van der Waals surface area (Å²) in [5.74, 6) is -0.655. The fourth-order valence-electron chi connectivity index (χ4n) is 3.61. The van der Waals surface area contributed by atoms with Crippen molar-refractivity contribution in [2.75, 3.05) is 16.2 Å². The van der Waals surface area contributed by atoms with Crippen molar-refractivity contribution in [1.82, 2.24) is 0 Å². The first-order valence-electron chi connectivity index (χ1n) is 9.74. The molecule has 1 amide bonds. The third-order valence-corrected chi connectivity index (χ3v) is 6.86. The summed E-state index contributed by atoms with van der Waals surface area (Å²) in [4.78, 5) is 14.6. The smallest absolute Gasteiger partial charge is 0.261 e. The largest absolute Gasteiger partial charge is 0.308 e. The molecular weight excluding hydrogens is 439 g/mol. The van der Waals surface area contributed by atoms with Crippen LogP contribution in [0.2, 0.25) is 5.02 Å². The lowest BCUT2D eigenvalue weighted by Gasteiger charge is -2.30. The lowest BCUT2D eigenvalue weighted by Crippen LogP contribution is -2.35. The molecule has 160 valence electrons. The summed E-state index contributed by atoms with van der Waals surface area (Å²) in [6.45, 7) is 2.30. The van der Waals surface area contributed by atoms with Crippen molar-refractivity contribution >= 4 is 38.9 Å². The number of hydrogen-bond acceptors (Lipinski definition) is 3. The van der Waals surface area contributed by atoms with Gasteiger partial charge in [-0.15, -0.1) is 0 Å². The number of sulfonamides is 1. The predicted octanol–water partition coefficient (Wildman–Crippen LogP) is 5.18. The van der Waals surface area contributed by atoms with Crippen LogP contribution in [0.1, 0.15) is 27.9 Å². The van der Waals surface area contributed by atoms with Crippen molar-refractivity contribution in [3.63, 3.8) is 0 Å². The van der Waals surface area contributed by atoms with Gasteiger partial charge in [-0.2, -0.15) is 0 Å². The first-order chi connectivity index (χ1) is 14.7. The molecule has 4 rings (SSSR count). The Morgan fingerprint density at radius 1 is 1.06 bits per heavy atom. The summed E-state index contributed by atoms with van der Waals surface area (Å²) >= 11 is 6.00. The number of anilines is 2. The number of hydrogen-bond donors (Lipinski definition) is 1. The Hall–Kier alpha value is -2.90. The van der Waals surface area contributed by atoms with Gasteiger partial charge in [0.25, 0.3) is 15.9 Å². The second kappa shape index (κ2) is 8.32. The molecule has 1 heterocycles. The number of nitrogens with one attached hydrogen (secondary N) is 1. The monoisotopic (exact) mass is 458 g/mol. The average Bonchev–Trinajstić information content (AvgIpc) is 2.75. The van der Waals surface area contributed by atoms with Gasteiger partial charge in [0.05, 0.1) is 10.6 Å². The Bertz CT molecular complexity index is 1260. The van der Waals surface area contributed by atoms with Crippen LogP contribution in [0, 0.1) is 12.7 Å². The fraction of sp³-hybridized carbons (Fsp3) is 0.174. The van der Waals surface area contributed by atoms with Crippen LogP contribution in [0.25, 0.3) is 0 Å². The summed E-state index contributed by atoms with van der Waals surface area (Å²) in [5.41, 5.74) is 2.98. The summed E-state index contributed by atoms with van der Waals surface area (Å²) in [6.07, 6.45) is 1.35. The zero-order chi connectivity index (χ0) is 22.2. The molecule has 0 saturated carbocycles. The van der Waals surface area contributed by atoms with E-state index in [1.54, 1.807) is 42.2 Å². The third kappa shape index (κ3) is 4.43. The molecule has 5 nitrogen and oxygen atoms in total. The molecule has 0 saturated heterocycles. The van der Waals surface area contributed by atoms with Crippen LogP contribution in [0.5, 0.6) is 0 Å². The maximum absolute atomic E-state index is 13.2. The molecule has 0 aliphatic carbocycles. The van der Waals surface area contributed by atoms with E-state index in [1.807, 2.05) is 0 Å². The lowest BCUT2D eigenvalue weighted by atomic mass is 10.0. The highest BCUT2D eigenvalue weighted by atomic mass is 35.5. The van der Waals surface area contributed by atoms with Crippen molar-refractivity contribution < 1.29 is 17.6 Å². The second-order valence-electron chi connectivity index (χ2n) is 7.42. The van der Waals surface area contributed by atoms with E-state index in [1.165, 1.54) is 30.3 Å².